The van der Waals surface area contributed by atoms with E-state index in [9.17, 15) is 4.79 Å². The second-order valence-corrected chi connectivity index (χ2v) is 4.48. The van der Waals surface area contributed by atoms with Gasteiger partial charge in [-0.3, -0.25) is 0 Å². The van der Waals surface area contributed by atoms with Crippen LogP contribution in [0.4, 0.5) is 0 Å². The fourth-order valence-electron chi connectivity index (χ4n) is 1.92. The Kier molecular flexibility index (Phi) is 4.77. The normalized spacial score (nSPS) is 11.7. The van der Waals surface area contributed by atoms with Gasteiger partial charge >= 0.3 is 5.97 Å². The van der Waals surface area contributed by atoms with Crippen LogP contribution in [-0.2, 0) is 9.53 Å². The molecule has 0 fully saturated rings. The molecule has 0 amide bonds. The molecule has 2 aromatic rings. The summed E-state index contributed by atoms with van der Waals surface area (Å²) in [6.45, 7) is 4.10. The average Bonchev–Trinajstić information content (AvgIpc) is 2.46. The zero-order valence-electron chi connectivity index (χ0n) is 11.7. The molecule has 0 aliphatic rings. The molecule has 0 aliphatic carbocycles. The quantitative estimate of drug-likeness (QED) is 0.777. The molecule has 2 rings (SSSR count). The van der Waals surface area contributed by atoms with E-state index in [0.29, 0.717) is 12.4 Å². The molecule has 104 valence electrons. The van der Waals surface area contributed by atoms with Crippen molar-refractivity contribution in [3.05, 3.63) is 65.7 Å². The summed E-state index contributed by atoms with van der Waals surface area (Å²) in [5.74, 6) is 0.284. The number of hydrogen-bond donors (Lipinski definition) is 0. The van der Waals surface area contributed by atoms with Gasteiger partial charge < -0.3 is 9.47 Å². The molecule has 0 saturated carbocycles. The molecule has 0 saturated heterocycles. The predicted molar refractivity (Wildman–Crippen MR) is 77.6 cm³/mol. The summed E-state index contributed by atoms with van der Waals surface area (Å²) >= 11 is 0. The van der Waals surface area contributed by atoms with Crippen LogP contribution in [-0.4, -0.2) is 12.6 Å². The summed E-state index contributed by atoms with van der Waals surface area (Å²) in [5, 5.41) is 0. The fourth-order valence-corrected chi connectivity index (χ4v) is 1.92. The molecule has 0 N–H and O–H groups in total. The molecule has 20 heavy (non-hydrogen) atoms. The third-order valence-corrected chi connectivity index (χ3v) is 2.85. The summed E-state index contributed by atoms with van der Waals surface area (Å²) in [6, 6.07) is 17.0. The van der Waals surface area contributed by atoms with E-state index >= 15 is 0 Å². The van der Waals surface area contributed by atoms with Crippen molar-refractivity contribution in [3.8, 4) is 5.75 Å². The summed E-state index contributed by atoms with van der Waals surface area (Å²) < 4.78 is 10.9. The SMILES string of the molecule is CCOC(=O)[C@@H](Oc1cccc(C)c1)c1ccccc1. The van der Waals surface area contributed by atoms with Gasteiger partial charge in [-0.2, -0.15) is 0 Å². The Morgan fingerprint density at radius 1 is 1.10 bits per heavy atom. The van der Waals surface area contributed by atoms with E-state index in [1.807, 2.05) is 61.5 Å². The molecule has 0 radical (unpaired) electrons. The molecule has 0 heterocycles. The molecular formula is C17H18O3. The standard InChI is InChI=1S/C17H18O3/c1-3-19-17(18)16(14-9-5-4-6-10-14)20-15-11-7-8-13(2)12-15/h4-12,16H,3H2,1-2H3/t16-/m0/s1. The molecule has 3 nitrogen and oxygen atoms in total. The largest absolute Gasteiger partial charge is 0.474 e. The first-order chi connectivity index (χ1) is 9.70. The average molecular weight is 270 g/mol. The second kappa shape index (κ2) is 6.75. The van der Waals surface area contributed by atoms with Crippen molar-refractivity contribution in [1.82, 2.24) is 0 Å². The van der Waals surface area contributed by atoms with Gasteiger partial charge in [0.1, 0.15) is 5.75 Å². The highest BCUT2D eigenvalue weighted by molar-refractivity contribution is 5.77. The van der Waals surface area contributed by atoms with Gasteiger partial charge in [-0.15, -0.1) is 0 Å². The van der Waals surface area contributed by atoms with Crippen LogP contribution in [0.2, 0.25) is 0 Å². The number of aryl methyl sites for hydroxylation is 1. The maximum Gasteiger partial charge on any atom is 0.352 e. The van der Waals surface area contributed by atoms with Gasteiger partial charge in [-0.25, -0.2) is 4.79 Å². The first-order valence-corrected chi connectivity index (χ1v) is 6.65. The van der Waals surface area contributed by atoms with Crippen LogP contribution in [0.25, 0.3) is 0 Å². The fraction of sp³-hybridized carbons (Fsp3) is 0.235. The van der Waals surface area contributed by atoms with Crippen LogP contribution < -0.4 is 4.74 Å². The lowest BCUT2D eigenvalue weighted by Gasteiger charge is -2.18. The van der Waals surface area contributed by atoms with E-state index in [-0.39, 0.29) is 5.97 Å². The third-order valence-electron chi connectivity index (χ3n) is 2.85. The van der Waals surface area contributed by atoms with Crippen molar-refractivity contribution < 1.29 is 14.3 Å². The van der Waals surface area contributed by atoms with Crippen LogP contribution in [0.1, 0.15) is 24.2 Å². The molecule has 0 bridgehead atoms. The highest BCUT2D eigenvalue weighted by Crippen LogP contribution is 2.24. The van der Waals surface area contributed by atoms with Gasteiger partial charge in [0.05, 0.1) is 6.61 Å². The van der Waals surface area contributed by atoms with Crippen molar-refractivity contribution in [2.24, 2.45) is 0 Å². The van der Waals surface area contributed by atoms with Crippen molar-refractivity contribution >= 4 is 5.97 Å². The molecular weight excluding hydrogens is 252 g/mol. The Bertz CT molecular complexity index is 563. The number of benzene rings is 2. The van der Waals surface area contributed by atoms with Gasteiger partial charge in [0, 0.05) is 5.56 Å². The second-order valence-electron chi connectivity index (χ2n) is 4.48. The summed E-state index contributed by atoms with van der Waals surface area (Å²) in [5.41, 5.74) is 1.87. The van der Waals surface area contributed by atoms with Gasteiger partial charge in [-0.1, -0.05) is 42.5 Å². The van der Waals surface area contributed by atoms with Crippen LogP contribution in [0.5, 0.6) is 5.75 Å². The van der Waals surface area contributed by atoms with Gasteiger partial charge in [0.25, 0.3) is 0 Å². The lowest BCUT2D eigenvalue weighted by molar-refractivity contribution is -0.151. The van der Waals surface area contributed by atoms with E-state index in [1.165, 1.54) is 0 Å². The minimum atomic E-state index is -0.738. The topological polar surface area (TPSA) is 35.5 Å². The number of hydrogen-bond acceptors (Lipinski definition) is 3. The lowest BCUT2D eigenvalue weighted by atomic mass is 10.1. The summed E-state index contributed by atoms with van der Waals surface area (Å²) in [6.07, 6.45) is -0.738. The van der Waals surface area contributed by atoms with Crippen LogP contribution in [0, 0.1) is 6.92 Å². The lowest BCUT2D eigenvalue weighted by Crippen LogP contribution is -2.21. The molecule has 0 aromatic heterocycles. The highest BCUT2D eigenvalue weighted by atomic mass is 16.6. The Labute approximate surface area is 119 Å². The molecule has 0 spiro atoms. The molecule has 1 atom stereocenters. The Hall–Kier alpha value is -2.29. The molecule has 0 unspecified atom stereocenters. The highest BCUT2D eigenvalue weighted by Gasteiger charge is 2.23. The van der Waals surface area contributed by atoms with E-state index in [0.717, 1.165) is 11.1 Å². The number of esters is 1. The zero-order valence-corrected chi connectivity index (χ0v) is 11.7. The van der Waals surface area contributed by atoms with E-state index in [4.69, 9.17) is 9.47 Å². The minimum absolute atomic E-state index is 0.333. The number of carbonyl (C=O) groups is 1. The predicted octanol–water partition coefficient (Wildman–Crippen LogP) is 3.68. The Morgan fingerprint density at radius 3 is 2.50 bits per heavy atom. The van der Waals surface area contributed by atoms with Crippen molar-refractivity contribution in [3.63, 3.8) is 0 Å². The smallest absolute Gasteiger partial charge is 0.352 e. The molecule has 0 aliphatic heterocycles. The number of ether oxygens (including phenoxy) is 2. The molecule has 2 aromatic carbocycles. The zero-order chi connectivity index (χ0) is 14.4. The third kappa shape index (κ3) is 3.60. The van der Waals surface area contributed by atoms with Crippen molar-refractivity contribution in [1.29, 1.82) is 0 Å². The van der Waals surface area contributed by atoms with E-state index in [2.05, 4.69) is 0 Å². The van der Waals surface area contributed by atoms with Crippen LogP contribution >= 0.6 is 0 Å². The first-order valence-electron chi connectivity index (χ1n) is 6.65. The maximum absolute atomic E-state index is 12.1. The Balaban J connectivity index is 2.25. The van der Waals surface area contributed by atoms with Crippen molar-refractivity contribution in [2.45, 2.75) is 20.0 Å². The number of carbonyl (C=O) groups excluding carboxylic acids is 1. The van der Waals surface area contributed by atoms with Gasteiger partial charge in [0.15, 0.2) is 0 Å². The monoisotopic (exact) mass is 270 g/mol. The maximum atomic E-state index is 12.1. The summed E-state index contributed by atoms with van der Waals surface area (Å²) in [4.78, 5) is 12.1. The van der Waals surface area contributed by atoms with Gasteiger partial charge in [0.2, 0.25) is 6.10 Å². The van der Waals surface area contributed by atoms with Crippen molar-refractivity contribution in [2.75, 3.05) is 6.61 Å². The van der Waals surface area contributed by atoms with E-state index < -0.39 is 6.10 Å². The molecule has 3 heteroatoms. The minimum Gasteiger partial charge on any atom is -0.474 e. The number of rotatable bonds is 5. The van der Waals surface area contributed by atoms with Crippen LogP contribution in [0.15, 0.2) is 54.6 Å². The van der Waals surface area contributed by atoms with E-state index in [1.54, 1.807) is 6.92 Å². The first kappa shape index (κ1) is 14.1. The van der Waals surface area contributed by atoms with Crippen LogP contribution in [0.3, 0.4) is 0 Å². The summed E-state index contributed by atoms with van der Waals surface area (Å²) in [7, 11) is 0. The van der Waals surface area contributed by atoms with Gasteiger partial charge in [-0.05, 0) is 31.5 Å². The Morgan fingerprint density at radius 2 is 1.85 bits per heavy atom.